The van der Waals surface area contributed by atoms with Gasteiger partial charge in [0.15, 0.2) is 0 Å². The number of thioether (sulfide) groups is 1. The van der Waals surface area contributed by atoms with Crippen molar-refractivity contribution in [2.45, 2.75) is 0 Å². The fraction of sp³-hybridized carbons (Fsp3) is 0.0909. The molecule has 2 rings (SSSR count). The van der Waals surface area contributed by atoms with E-state index in [0.29, 0.717) is 9.31 Å². The molecule has 0 aromatic heterocycles. The van der Waals surface area contributed by atoms with Crippen LogP contribution in [0.1, 0.15) is 5.56 Å². The highest BCUT2D eigenvalue weighted by Crippen LogP contribution is 2.27. The predicted molar refractivity (Wildman–Crippen MR) is 76.9 cm³/mol. The van der Waals surface area contributed by atoms with Crippen molar-refractivity contribution in [2.24, 2.45) is 0 Å². The SMILES string of the molecule is COc1ccc(C=C2SC(=S)NC2=S)cc1. The second-order valence-corrected chi connectivity index (χ2v) is 5.25. The monoisotopic (exact) mass is 267 g/mol. The van der Waals surface area contributed by atoms with E-state index in [1.54, 1.807) is 7.11 Å². The molecule has 16 heavy (non-hydrogen) atoms. The van der Waals surface area contributed by atoms with Gasteiger partial charge in [0.1, 0.15) is 15.1 Å². The Balaban J connectivity index is 2.22. The zero-order valence-electron chi connectivity index (χ0n) is 8.52. The summed E-state index contributed by atoms with van der Waals surface area (Å²) in [5.74, 6) is 0.845. The molecule has 0 saturated carbocycles. The molecule has 2 nitrogen and oxygen atoms in total. The van der Waals surface area contributed by atoms with Crippen LogP contribution in [0.3, 0.4) is 0 Å². The molecule has 82 valence electrons. The van der Waals surface area contributed by atoms with E-state index in [1.165, 1.54) is 11.8 Å². The average Bonchev–Trinajstić information content (AvgIpc) is 2.59. The van der Waals surface area contributed by atoms with E-state index in [4.69, 9.17) is 29.2 Å². The van der Waals surface area contributed by atoms with Crippen LogP contribution in [0.2, 0.25) is 0 Å². The van der Waals surface area contributed by atoms with E-state index < -0.39 is 0 Å². The van der Waals surface area contributed by atoms with Crippen LogP contribution >= 0.6 is 36.2 Å². The lowest BCUT2D eigenvalue weighted by Gasteiger charge is -2.00. The number of hydrogen-bond acceptors (Lipinski definition) is 4. The van der Waals surface area contributed by atoms with Crippen molar-refractivity contribution in [2.75, 3.05) is 7.11 Å². The maximum absolute atomic E-state index is 5.15. The first kappa shape index (κ1) is 11.6. The van der Waals surface area contributed by atoms with E-state index in [-0.39, 0.29) is 0 Å². The number of methoxy groups -OCH3 is 1. The highest BCUT2D eigenvalue weighted by molar-refractivity contribution is 8.27. The Bertz CT molecular complexity index is 465. The fourth-order valence-corrected chi connectivity index (χ4v) is 2.75. The molecule has 1 saturated heterocycles. The van der Waals surface area contributed by atoms with Gasteiger partial charge in [-0.25, -0.2) is 0 Å². The largest absolute Gasteiger partial charge is 0.497 e. The van der Waals surface area contributed by atoms with Crippen molar-refractivity contribution in [3.63, 3.8) is 0 Å². The van der Waals surface area contributed by atoms with E-state index in [9.17, 15) is 0 Å². The number of hydrogen-bond donors (Lipinski definition) is 1. The second-order valence-electron chi connectivity index (χ2n) is 3.13. The molecule has 0 bridgehead atoms. The van der Waals surface area contributed by atoms with Gasteiger partial charge in [-0.15, -0.1) is 0 Å². The molecule has 0 spiro atoms. The van der Waals surface area contributed by atoms with Gasteiger partial charge in [-0.3, -0.25) is 0 Å². The first-order valence-corrected chi connectivity index (χ1v) is 6.21. The Labute approximate surface area is 109 Å². The smallest absolute Gasteiger partial charge is 0.143 e. The van der Waals surface area contributed by atoms with Crippen LogP contribution in [0.4, 0.5) is 0 Å². The third-order valence-corrected chi connectivity index (χ3v) is 3.69. The molecule has 0 aliphatic carbocycles. The molecule has 1 aliphatic heterocycles. The van der Waals surface area contributed by atoms with Gasteiger partial charge >= 0.3 is 0 Å². The van der Waals surface area contributed by atoms with Gasteiger partial charge in [-0.05, 0) is 23.8 Å². The van der Waals surface area contributed by atoms with Gasteiger partial charge in [-0.2, -0.15) is 0 Å². The summed E-state index contributed by atoms with van der Waals surface area (Å²) in [6.07, 6.45) is 2.01. The summed E-state index contributed by atoms with van der Waals surface area (Å²) in [7, 11) is 1.65. The Hall–Kier alpha value is -0.910. The summed E-state index contributed by atoms with van der Waals surface area (Å²) in [5, 5.41) is 2.94. The number of benzene rings is 1. The summed E-state index contributed by atoms with van der Waals surface area (Å²) >= 11 is 11.7. The molecular weight excluding hydrogens is 258 g/mol. The minimum Gasteiger partial charge on any atom is -0.497 e. The Morgan fingerprint density at radius 3 is 2.44 bits per heavy atom. The fourth-order valence-electron chi connectivity index (χ4n) is 1.27. The predicted octanol–water partition coefficient (Wildman–Crippen LogP) is 2.98. The number of ether oxygens (including phenoxy) is 1. The minimum atomic E-state index is 0.700. The maximum atomic E-state index is 5.15. The Morgan fingerprint density at radius 2 is 1.94 bits per heavy atom. The van der Waals surface area contributed by atoms with Gasteiger partial charge in [-0.1, -0.05) is 48.3 Å². The standard InChI is InChI=1S/C11H9NOS3/c1-13-8-4-2-7(3-5-8)6-9-10(14)12-11(15)16-9/h2-6H,1H3,(H,12,14,15). The maximum Gasteiger partial charge on any atom is 0.143 e. The zero-order chi connectivity index (χ0) is 11.5. The Kier molecular flexibility index (Phi) is 3.58. The van der Waals surface area contributed by atoms with Crippen LogP contribution in [-0.2, 0) is 0 Å². The minimum absolute atomic E-state index is 0.700. The van der Waals surface area contributed by atoms with Crippen molar-refractivity contribution >= 4 is 51.6 Å². The highest BCUT2D eigenvalue weighted by atomic mass is 32.2. The van der Waals surface area contributed by atoms with Gasteiger partial charge in [0.05, 0.1) is 7.11 Å². The van der Waals surface area contributed by atoms with Crippen LogP contribution in [0.25, 0.3) is 6.08 Å². The number of rotatable bonds is 2. The highest BCUT2D eigenvalue weighted by Gasteiger charge is 2.17. The van der Waals surface area contributed by atoms with Crippen molar-refractivity contribution in [3.05, 3.63) is 34.7 Å². The average molecular weight is 267 g/mol. The third-order valence-electron chi connectivity index (χ3n) is 2.06. The van der Waals surface area contributed by atoms with Crippen LogP contribution in [0.15, 0.2) is 29.2 Å². The summed E-state index contributed by atoms with van der Waals surface area (Å²) < 4.78 is 5.81. The molecule has 1 aromatic rings. The number of nitrogens with one attached hydrogen (secondary N) is 1. The Morgan fingerprint density at radius 1 is 1.25 bits per heavy atom. The van der Waals surface area contributed by atoms with E-state index in [2.05, 4.69) is 5.32 Å². The van der Waals surface area contributed by atoms with Gasteiger partial charge in [0.2, 0.25) is 0 Å². The lowest BCUT2D eigenvalue weighted by atomic mass is 10.2. The van der Waals surface area contributed by atoms with Crippen molar-refractivity contribution in [1.29, 1.82) is 0 Å². The molecule has 0 radical (unpaired) electrons. The zero-order valence-corrected chi connectivity index (χ0v) is 11.0. The van der Waals surface area contributed by atoms with Crippen LogP contribution in [0.5, 0.6) is 5.75 Å². The molecule has 0 atom stereocenters. The summed E-state index contributed by atoms with van der Waals surface area (Å²) in [6, 6.07) is 7.80. The molecule has 1 heterocycles. The molecule has 1 aliphatic rings. The van der Waals surface area contributed by atoms with Crippen molar-refractivity contribution < 1.29 is 4.74 Å². The first-order valence-electron chi connectivity index (χ1n) is 4.58. The van der Waals surface area contributed by atoms with Crippen molar-refractivity contribution in [1.82, 2.24) is 5.32 Å². The van der Waals surface area contributed by atoms with Crippen molar-refractivity contribution in [3.8, 4) is 5.75 Å². The van der Waals surface area contributed by atoms with Gasteiger partial charge < -0.3 is 10.1 Å². The van der Waals surface area contributed by atoms with E-state index >= 15 is 0 Å². The van der Waals surface area contributed by atoms with E-state index in [1.807, 2.05) is 30.3 Å². The first-order chi connectivity index (χ1) is 7.69. The van der Waals surface area contributed by atoms with Gasteiger partial charge in [0, 0.05) is 4.91 Å². The number of thiocarbonyl (C=S) groups is 2. The van der Waals surface area contributed by atoms with Crippen LogP contribution in [0, 0.1) is 0 Å². The molecular formula is C11H9NOS3. The second kappa shape index (κ2) is 4.95. The lowest BCUT2D eigenvalue weighted by molar-refractivity contribution is 0.415. The third kappa shape index (κ3) is 2.61. The molecule has 0 unspecified atom stereocenters. The summed E-state index contributed by atoms with van der Waals surface area (Å²) in [5.41, 5.74) is 1.08. The topological polar surface area (TPSA) is 21.3 Å². The molecule has 0 amide bonds. The molecule has 1 fully saturated rings. The quantitative estimate of drug-likeness (QED) is 0.655. The molecule has 5 heteroatoms. The van der Waals surface area contributed by atoms with Crippen LogP contribution in [-0.4, -0.2) is 16.4 Å². The summed E-state index contributed by atoms with van der Waals surface area (Å²) in [4.78, 5) is 1.69. The normalized spacial score (nSPS) is 17.7. The lowest BCUT2D eigenvalue weighted by Crippen LogP contribution is -2.15. The van der Waals surface area contributed by atoms with Crippen LogP contribution < -0.4 is 10.1 Å². The van der Waals surface area contributed by atoms with E-state index in [0.717, 1.165) is 16.2 Å². The molecule has 1 N–H and O–H groups in total. The summed E-state index contributed by atoms with van der Waals surface area (Å²) in [6.45, 7) is 0. The van der Waals surface area contributed by atoms with Gasteiger partial charge in [0.25, 0.3) is 0 Å². The molecule has 1 aromatic carbocycles.